The van der Waals surface area contributed by atoms with Crippen molar-refractivity contribution in [2.45, 2.75) is 69.9 Å². The van der Waals surface area contributed by atoms with Crippen LogP contribution in [0.2, 0.25) is 0 Å². The molecule has 9 nitrogen and oxygen atoms in total. The van der Waals surface area contributed by atoms with Gasteiger partial charge in [0.05, 0.1) is 29.7 Å². The summed E-state index contributed by atoms with van der Waals surface area (Å²) >= 11 is 0. The Kier molecular flexibility index (Phi) is 9.53. The Labute approximate surface area is 237 Å². The highest BCUT2D eigenvalue weighted by Gasteiger charge is 2.35. The van der Waals surface area contributed by atoms with E-state index in [1.165, 1.54) is 11.4 Å². The Morgan fingerprint density at radius 2 is 1.82 bits per heavy atom. The van der Waals surface area contributed by atoms with Gasteiger partial charge >= 0.3 is 0 Å². The standard InChI is InChI=1S/C30H41N3O6S/c1-20-10-13-25(14-11-20)40(37,38)32(4)18-28-21(2)17-33(22(3)19-34)30(36)26-16-24(12-15-27(26)39-28)31-29(35)23-8-6-5-7-9-23/h10-16,21-23,28,34H,5-9,17-19H2,1-4H3,(H,31,35)/t21-,22+,28+/m0/s1. The number of aliphatic hydroxyl groups excluding tert-OH is 1. The number of ether oxygens (including phenoxy) is 1. The Balaban J connectivity index is 1.62. The van der Waals surface area contributed by atoms with Crippen LogP contribution in [0.25, 0.3) is 0 Å². The second kappa shape index (κ2) is 12.7. The highest BCUT2D eigenvalue weighted by molar-refractivity contribution is 7.89. The highest BCUT2D eigenvalue weighted by atomic mass is 32.2. The average Bonchev–Trinajstić information content (AvgIpc) is 2.95. The molecule has 4 rings (SSSR count). The first-order chi connectivity index (χ1) is 19.0. The zero-order chi connectivity index (χ0) is 29.0. The van der Waals surface area contributed by atoms with E-state index in [0.717, 1.165) is 37.7 Å². The van der Waals surface area contributed by atoms with Crippen molar-refractivity contribution >= 4 is 27.5 Å². The number of fused-ring (bicyclic) bond motifs is 1. The Hall–Kier alpha value is -2.95. The molecule has 1 fully saturated rings. The number of sulfonamides is 1. The molecule has 2 aliphatic rings. The van der Waals surface area contributed by atoms with Crippen LogP contribution in [0, 0.1) is 18.8 Å². The molecule has 218 valence electrons. The van der Waals surface area contributed by atoms with E-state index in [4.69, 9.17) is 4.74 Å². The largest absolute Gasteiger partial charge is 0.488 e. The van der Waals surface area contributed by atoms with E-state index in [2.05, 4.69) is 5.32 Å². The molecule has 0 spiro atoms. The van der Waals surface area contributed by atoms with E-state index >= 15 is 0 Å². The average molecular weight is 572 g/mol. The molecule has 3 atom stereocenters. The lowest BCUT2D eigenvalue weighted by atomic mass is 9.88. The number of benzene rings is 2. The SMILES string of the molecule is Cc1ccc(S(=O)(=O)N(C)C[C@H]2Oc3ccc(NC(=O)C4CCCCC4)cc3C(=O)N([C@H](C)CO)C[C@@H]2C)cc1. The number of hydrogen-bond donors (Lipinski definition) is 2. The van der Waals surface area contributed by atoms with Crippen molar-refractivity contribution in [2.24, 2.45) is 11.8 Å². The lowest BCUT2D eigenvalue weighted by Gasteiger charge is -2.38. The number of likely N-dealkylation sites (N-methyl/N-ethyl adjacent to an activating group) is 1. The lowest BCUT2D eigenvalue weighted by Crippen LogP contribution is -2.50. The van der Waals surface area contributed by atoms with Gasteiger partial charge in [0.15, 0.2) is 0 Å². The summed E-state index contributed by atoms with van der Waals surface area (Å²) in [6.07, 6.45) is 4.37. The van der Waals surface area contributed by atoms with Gasteiger partial charge in [-0.2, -0.15) is 4.31 Å². The molecular weight excluding hydrogens is 530 g/mol. The molecule has 2 aromatic rings. The van der Waals surface area contributed by atoms with Gasteiger partial charge < -0.3 is 20.1 Å². The fourth-order valence-electron chi connectivity index (χ4n) is 5.37. The second-order valence-corrected chi connectivity index (χ2v) is 13.3. The van der Waals surface area contributed by atoms with Gasteiger partial charge in [0.2, 0.25) is 15.9 Å². The number of nitrogens with one attached hydrogen (secondary N) is 1. The normalized spacial score (nSPS) is 21.2. The van der Waals surface area contributed by atoms with E-state index in [1.807, 2.05) is 13.8 Å². The van der Waals surface area contributed by atoms with Crippen LogP contribution < -0.4 is 10.1 Å². The first-order valence-electron chi connectivity index (χ1n) is 14.1. The first-order valence-corrected chi connectivity index (χ1v) is 15.5. The van der Waals surface area contributed by atoms with Crippen LogP contribution in [0.5, 0.6) is 5.75 Å². The summed E-state index contributed by atoms with van der Waals surface area (Å²) in [4.78, 5) is 28.4. The topological polar surface area (TPSA) is 116 Å². The molecule has 10 heteroatoms. The third-order valence-corrected chi connectivity index (χ3v) is 9.91. The molecule has 0 radical (unpaired) electrons. The third-order valence-electron chi connectivity index (χ3n) is 8.07. The molecule has 0 aromatic heterocycles. The van der Waals surface area contributed by atoms with E-state index in [9.17, 15) is 23.1 Å². The number of rotatable bonds is 8. The van der Waals surface area contributed by atoms with Crippen molar-refractivity contribution in [3.8, 4) is 5.75 Å². The first kappa shape index (κ1) is 30.0. The maximum absolute atomic E-state index is 13.7. The zero-order valence-corrected chi connectivity index (χ0v) is 24.6. The van der Waals surface area contributed by atoms with Crippen LogP contribution in [0.4, 0.5) is 5.69 Å². The molecule has 0 unspecified atom stereocenters. The van der Waals surface area contributed by atoms with E-state index in [1.54, 1.807) is 54.3 Å². The minimum Gasteiger partial charge on any atom is -0.488 e. The van der Waals surface area contributed by atoms with Crippen molar-refractivity contribution in [3.05, 3.63) is 53.6 Å². The van der Waals surface area contributed by atoms with E-state index < -0.39 is 22.2 Å². The van der Waals surface area contributed by atoms with Crippen molar-refractivity contribution in [3.63, 3.8) is 0 Å². The van der Waals surface area contributed by atoms with E-state index in [-0.39, 0.29) is 53.8 Å². The second-order valence-electron chi connectivity index (χ2n) is 11.3. The molecule has 1 aliphatic carbocycles. The summed E-state index contributed by atoms with van der Waals surface area (Å²) < 4.78 is 34.2. The number of hydrogen-bond acceptors (Lipinski definition) is 6. The van der Waals surface area contributed by atoms with Gasteiger partial charge in [-0.1, -0.05) is 43.9 Å². The third kappa shape index (κ3) is 6.67. The van der Waals surface area contributed by atoms with Crippen molar-refractivity contribution in [1.29, 1.82) is 0 Å². The molecule has 1 heterocycles. The van der Waals surface area contributed by atoms with Crippen molar-refractivity contribution in [1.82, 2.24) is 9.21 Å². The maximum atomic E-state index is 13.7. The summed E-state index contributed by atoms with van der Waals surface area (Å²) in [6.45, 7) is 5.68. The molecule has 0 bridgehead atoms. The fourth-order valence-corrected chi connectivity index (χ4v) is 6.55. The fraction of sp³-hybridized carbons (Fsp3) is 0.533. The molecule has 1 saturated carbocycles. The van der Waals surface area contributed by atoms with Gasteiger partial charge in [0, 0.05) is 31.1 Å². The molecule has 1 aliphatic heterocycles. The Morgan fingerprint density at radius 3 is 2.48 bits per heavy atom. The zero-order valence-electron chi connectivity index (χ0n) is 23.8. The van der Waals surface area contributed by atoms with Gasteiger partial charge in [-0.15, -0.1) is 0 Å². The van der Waals surface area contributed by atoms with Gasteiger partial charge in [-0.05, 0) is 57.0 Å². The summed E-state index contributed by atoms with van der Waals surface area (Å²) in [5.74, 6) is -0.323. The summed E-state index contributed by atoms with van der Waals surface area (Å²) in [7, 11) is -2.25. The Bertz CT molecular complexity index is 1310. The van der Waals surface area contributed by atoms with Crippen LogP contribution in [0.1, 0.15) is 61.9 Å². The molecular formula is C30H41N3O6S. The van der Waals surface area contributed by atoms with E-state index in [0.29, 0.717) is 11.4 Å². The quantitative estimate of drug-likeness (QED) is 0.494. The predicted octanol–water partition coefficient (Wildman–Crippen LogP) is 4.05. The summed E-state index contributed by atoms with van der Waals surface area (Å²) in [5, 5.41) is 12.9. The molecule has 40 heavy (non-hydrogen) atoms. The highest BCUT2D eigenvalue weighted by Crippen LogP contribution is 2.32. The van der Waals surface area contributed by atoms with Crippen LogP contribution in [-0.4, -0.2) is 73.4 Å². The monoisotopic (exact) mass is 571 g/mol. The molecule has 2 aromatic carbocycles. The lowest BCUT2D eigenvalue weighted by molar-refractivity contribution is -0.120. The Morgan fingerprint density at radius 1 is 1.15 bits per heavy atom. The number of nitrogens with zero attached hydrogens (tertiary/aromatic N) is 2. The van der Waals surface area contributed by atoms with Crippen molar-refractivity contribution in [2.75, 3.05) is 32.1 Å². The van der Waals surface area contributed by atoms with Gasteiger partial charge in [-0.25, -0.2) is 8.42 Å². The smallest absolute Gasteiger partial charge is 0.258 e. The number of anilines is 1. The van der Waals surface area contributed by atoms with Crippen LogP contribution >= 0.6 is 0 Å². The maximum Gasteiger partial charge on any atom is 0.258 e. The van der Waals surface area contributed by atoms with Gasteiger partial charge in [0.25, 0.3) is 5.91 Å². The minimum atomic E-state index is -3.77. The van der Waals surface area contributed by atoms with Gasteiger partial charge in [-0.3, -0.25) is 9.59 Å². The number of aliphatic hydroxyl groups is 1. The summed E-state index contributed by atoms with van der Waals surface area (Å²) in [5.41, 5.74) is 1.74. The van der Waals surface area contributed by atoms with Crippen LogP contribution in [0.15, 0.2) is 47.4 Å². The summed E-state index contributed by atoms with van der Waals surface area (Å²) in [6, 6.07) is 11.2. The molecule has 2 N–H and O–H groups in total. The van der Waals surface area contributed by atoms with Crippen LogP contribution in [-0.2, 0) is 14.8 Å². The minimum absolute atomic E-state index is 0.0372. The number of carbonyl (C=O) groups is 2. The van der Waals surface area contributed by atoms with Crippen molar-refractivity contribution < 1.29 is 27.9 Å². The number of carbonyl (C=O) groups excluding carboxylic acids is 2. The number of aryl methyl sites for hydroxylation is 1. The van der Waals surface area contributed by atoms with Gasteiger partial charge in [0.1, 0.15) is 11.9 Å². The molecule has 0 saturated heterocycles. The van der Waals surface area contributed by atoms with Crippen LogP contribution in [0.3, 0.4) is 0 Å². The molecule has 2 amide bonds. The predicted molar refractivity (Wildman–Crippen MR) is 154 cm³/mol. The number of amides is 2.